The van der Waals surface area contributed by atoms with Crippen molar-refractivity contribution < 1.29 is 35.2 Å². The molecule has 0 spiro atoms. The topological polar surface area (TPSA) is 66.5 Å². The van der Waals surface area contributed by atoms with Crippen LogP contribution in [0.15, 0.2) is 36.4 Å². The molecule has 2 rings (SSSR count). The Kier molecular flexibility index (Phi) is 6.19. The highest BCUT2D eigenvalue weighted by atomic mass is 35.5. The van der Waals surface area contributed by atoms with Crippen molar-refractivity contribution >= 4 is 38.9 Å². The van der Waals surface area contributed by atoms with E-state index >= 15 is 0 Å². The number of nitrogens with one attached hydrogen (secondary N) is 1. The maximum Gasteiger partial charge on any atom is 0.417 e. The van der Waals surface area contributed by atoms with Crippen molar-refractivity contribution in [2.45, 2.75) is 6.18 Å². The third-order valence-corrected chi connectivity index (χ3v) is 4.91. The second kappa shape index (κ2) is 7.92. The smallest absolute Gasteiger partial charge is 0.322 e. The standard InChI is InChI=1S/C16H12ClF5N2O3S/c1-28(26,27)24(10-3-4-12(17)11(7-10)16(20,21)22)8-15(25)23-14-5-2-9(18)6-13(14)19/h2-7H,8H2,1H3,(H,23,25). The summed E-state index contributed by atoms with van der Waals surface area (Å²) in [7, 11) is -4.19. The molecule has 0 heterocycles. The minimum atomic E-state index is -4.85. The molecule has 0 aliphatic heterocycles. The number of alkyl halides is 3. The molecule has 0 saturated heterocycles. The molecule has 0 fully saturated rings. The lowest BCUT2D eigenvalue weighted by molar-refractivity contribution is -0.137. The first-order valence-corrected chi connectivity index (χ1v) is 9.61. The van der Waals surface area contributed by atoms with Crippen molar-refractivity contribution in [2.24, 2.45) is 0 Å². The summed E-state index contributed by atoms with van der Waals surface area (Å²) in [6.07, 6.45) is -4.17. The summed E-state index contributed by atoms with van der Waals surface area (Å²) in [6, 6.07) is 4.59. The highest BCUT2D eigenvalue weighted by molar-refractivity contribution is 7.92. The van der Waals surface area contributed by atoms with Gasteiger partial charge in [0, 0.05) is 6.07 Å². The minimum Gasteiger partial charge on any atom is -0.322 e. The number of rotatable bonds is 5. The van der Waals surface area contributed by atoms with Crippen LogP contribution in [-0.2, 0) is 21.0 Å². The predicted molar refractivity (Wildman–Crippen MR) is 93.6 cm³/mol. The number of amides is 1. The summed E-state index contributed by atoms with van der Waals surface area (Å²) in [5, 5.41) is 1.38. The number of hydrogen-bond acceptors (Lipinski definition) is 3. The Balaban J connectivity index is 2.34. The number of carbonyl (C=O) groups is 1. The number of carbonyl (C=O) groups excluding carboxylic acids is 1. The zero-order valence-corrected chi connectivity index (χ0v) is 15.6. The Morgan fingerprint density at radius 2 is 1.79 bits per heavy atom. The lowest BCUT2D eigenvalue weighted by atomic mass is 10.2. The summed E-state index contributed by atoms with van der Waals surface area (Å²) >= 11 is 5.50. The van der Waals surface area contributed by atoms with Crippen molar-refractivity contribution in [1.29, 1.82) is 0 Å². The van der Waals surface area contributed by atoms with Crippen LogP contribution in [0.3, 0.4) is 0 Å². The van der Waals surface area contributed by atoms with E-state index in [2.05, 4.69) is 0 Å². The highest BCUT2D eigenvalue weighted by Gasteiger charge is 2.34. The van der Waals surface area contributed by atoms with Gasteiger partial charge in [0.2, 0.25) is 15.9 Å². The molecule has 152 valence electrons. The first-order chi connectivity index (χ1) is 12.8. The fraction of sp³-hybridized carbons (Fsp3) is 0.188. The quantitative estimate of drug-likeness (QED) is 0.711. The van der Waals surface area contributed by atoms with Gasteiger partial charge in [-0.3, -0.25) is 9.10 Å². The molecule has 2 aromatic carbocycles. The first-order valence-electron chi connectivity index (χ1n) is 7.38. The van der Waals surface area contributed by atoms with E-state index in [-0.39, 0.29) is 0 Å². The molecule has 1 N–H and O–H groups in total. The normalized spacial score (nSPS) is 12.0. The van der Waals surface area contributed by atoms with Crippen LogP contribution in [0.1, 0.15) is 5.56 Å². The van der Waals surface area contributed by atoms with Crippen LogP contribution >= 0.6 is 11.6 Å². The second-order valence-electron chi connectivity index (χ2n) is 5.60. The van der Waals surface area contributed by atoms with Crippen molar-refractivity contribution in [2.75, 3.05) is 22.4 Å². The average molecular weight is 443 g/mol. The molecule has 0 radical (unpaired) electrons. The Morgan fingerprint density at radius 3 is 2.32 bits per heavy atom. The summed E-state index contributed by atoms with van der Waals surface area (Å²) in [4.78, 5) is 12.1. The van der Waals surface area contributed by atoms with Gasteiger partial charge in [-0.1, -0.05) is 11.6 Å². The van der Waals surface area contributed by atoms with Crippen LogP contribution in [0.2, 0.25) is 5.02 Å². The van der Waals surface area contributed by atoms with Crippen molar-refractivity contribution in [3.63, 3.8) is 0 Å². The molecule has 12 heteroatoms. The Morgan fingerprint density at radius 1 is 1.14 bits per heavy atom. The molecular weight excluding hydrogens is 431 g/mol. The number of hydrogen-bond donors (Lipinski definition) is 1. The average Bonchev–Trinajstić information content (AvgIpc) is 2.54. The van der Waals surface area contributed by atoms with E-state index in [9.17, 15) is 35.2 Å². The van der Waals surface area contributed by atoms with Gasteiger partial charge < -0.3 is 5.32 Å². The van der Waals surface area contributed by atoms with Gasteiger partial charge in [-0.05, 0) is 30.3 Å². The number of halogens is 6. The maximum absolute atomic E-state index is 13.6. The molecule has 0 aliphatic carbocycles. The van der Waals surface area contributed by atoms with Gasteiger partial charge in [-0.25, -0.2) is 17.2 Å². The number of sulfonamides is 1. The van der Waals surface area contributed by atoms with E-state index in [0.29, 0.717) is 22.7 Å². The van der Waals surface area contributed by atoms with E-state index in [1.807, 2.05) is 5.32 Å². The van der Waals surface area contributed by atoms with Crippen LogP contribution in [0.4, 0.5) is 33.3 Å². The molecule has 5 nitrogen and oxygen atoms in total. The minimum absolute atomic E-state index is 0.398. The lowest BCUT2D eigenvalue weighted by Crippen LogP contribution is -2.37. The molecule has 1 amide bonds. The van der Waals surface area contributed by atoms with Crippen LogP contribution < -0.4 is 9.62 Å². The molecule has 0 saturated carbocycles. The van der Waals surface area contributed by atoms with E-state index in [4.69, 9.17) is 11.6 Å². The lowest BCUT2D eigenvalue weighted by Gasteiger charge is -2.23. The Bertz CT molecular complexity index is 1010. The third kappa shape index (κ3) is 5.32. The van der Waals surface area contributed by atoms with Crippen molar-refractivity contribution in [3.05, 3.63) is 58.6 Å². The molecular formula is C16H12ClF5N2O3S. The summed E-state index contributed by atoms with van der Waals surface area (Å²) in [5.74, 6) is -3.06. The van der Waals surface area contributed by atoms with E-state index in [0.717, 1.165) is 24.3 Å². The zero-order chi connectivity index (χ0) is 21.3. The molecule has 0 aromatic heterocycles. The van der Waals surface area contributed by atoms with Gasteiger partial charge >= 0.3 is 6.18 Å². The maximum atomic E-state index is 13.6. The molecule has 0 atom stereocenters. The Labute approximate surface area is 161 Å². The molecule has 0 unspecified atom stereocenters. The molecule has 0 bridgehead atoms. The van der Waals surface area contributed by atoms with Gasteiger partial charge in [0.1, 0.15) is 18.2 Å². The van der Waals surface area contributed by atoms with E-state index in [1.54, 1.807) is 0 Å². The largest absolute Gasteiger partial charge is 0.417 e. The van der Waals surface area contributed by atoms with Crippen molar-refractivity contribution in [3.8, 4) is 0 Å². The predicted octanol–water partition coefficient (Wildman–Crippen LogP) is 4.04. The van der Waals surface area contributed by atoms with E-state index < -0.39 is 62.2 Å². The summed E-state index contributed by atoms with van der Waals surface area (Å²) in [5.41, 5.74) is -2.17. The highest BCUT2D eigenvalue weighted by Crippen LogP contribution is 2.37. The van der Waals surface area contributed by atoms with Gasteiger partial charge in [0.15, 0.2) is 0 Å². The number of anilines is 2. The van der Waals surface area contributed by atoms with Gasteiger partial charge in [-0.2, -0.15) is 13.2 Å². The molecule has 0 aliphatic rings. The second-order valence-corrected chi connectivity index (χ2v) is 7.92. The van der Waals surface area contributed by atoms with Crippen LogP contribution in [0.5, 0.6) is 0 Å². The van der Waals surface area contributed by atoms with Crippen molar-refractivity contribution in [1.82, 2.24) is 0 Å². The third-order valence-electron chi connectivity index (χ3n) is 3.44. The summed E-state index contributed by atoms with van der Waals surface area (Å²) < 4.78 is 89.9. The monoisotopic (exact) mass is 442 g/mol. The van der Waals surface area contributed by atoms with Crippen LogP contribution in [0, 0.1) is 11.6 Å². The van der Waals surface area contributed by atoms with Gasteiger partial charge in [0.25, 0.3) is 0 Å². The Hall–Kier alpha value is -2.40. The molecule has 28 heavy (non-hydrogen) atoms. The summed E-state index contributed by atoms with van der Waals surface area (Å²) in [6.45, 7) is -0.950. The fourth-order valence-electron chi connectivity index (χ4n) is 2.20. The molecule has 2 aromatic rings. The number of benzene rings is 2. The fourth-order valence-corrected chi connectivity index (χ4v) is 3.27. The first kappa shape index (κ1) is 21.9. The van der Waals surface area contributed by atoms with E-state index in [1.165, 1.54) is 0 Å². The zero-order valence-electron chi connectivity index (χ0n) is 14.0. The number of nitrogens with zero attached hydrogens (tertiary/aromatic N) is 1. The SMILES string of the molecule is CS(=O)(=O)N(CC(=O)Nc1ccc(F)cc1F)c1ccc(Cl)c(C(F)(F)F)c1. The van der Waals surface area contributed by atoms with Crippen LogP contribution in [-0.4, -0.2) is 27.1 Å². The van der Waals surface area contributed by atoms with Crippen LogP contribution in [0.25, 0.3) is 0 Å². The van der Waals surface area contributed by atoms with Gasteiger partial charge in [-0.15, -0.1) is 0 Å². The van der Waals surface area contributed by atoms with Gasteiger partial charge in [0.05, 0.1) is 28.2 Å².